The van der Waals surface area contributed by atoms with Crippen LogP contribution < -0.4 is 19.7 Å². The molecule has 1 aliphatic rings. The van der Waals surface area contributed by atoms with Gasteiger partial charge in [0.2, 0.25) is 0 Å². The van der Waals surface area contributed by atoms with Crippen LogP contribution in [0.2, 0.25) is 0 Å². The molecule has 4 rings (SSSR count). The molecule has 1 N–H and O–H groups in total. The van der Waals surface area contributed by atoms with Crippen LogP contribution in [0, 0.1) is 27.5 Å². The SMILES string of the molecule is COc1cc(/C=C2\C(=O)NC(=O)N(c3ccc(C)c(C)c3)C2=O)cc(I)c1OCc1cccc([N+](=O)[O-])c1. The fraction of sp³-hybridized carbons (Fsp3) is 0.148. The Balaban J connectivity index is 1.63. The van der Waals surface area contributed by atoms with Gasteiger partial charge in [-0.15, -0.1) is 0 Å². The van der Waals surface area contributed by atoms with Gasteiger partial charge in [-0.25, -0.2) is 9.69 Å². The Morgan fingerprint density at radius 1 is 1.05 bits per heavy atom. The van der Waals surface area contributed by atoms with E-state index in [0.717, 1.165) is 16.0 Å². The van der Waals surface area contributed by atoms with Crippen molar-refractivity contribution in [3.8, 4) is 11.5 Å². The van der Waals surface area contributed by atoms with Gasteiger partial charge < -0.3 is 9.47 Å². The van der Waals surface area contributed by atoms with E-state index in [0.29, 0.717) is 31.9 Å². The van der Waals surface area contributed by atoms with E-state index in [2.05, 4.69) is 5.32 Å². The number of nitro benzene ring substituents is 1. The van der Waals surface area contributed by atoms with Crippen LogP contribution in [0.4, 0.5) is 16.2 Å². The summed E-state index contributed by atoms with van der Waals surface area (Å²) in [6.07, 6.45) is 1.38. The number of methoxy groups -OCH3 is 1. The molecule has 0 saturated carbocycles. The second-order valence-corrected chi connectivity index (χ2v) is 9.64. The number of anilines is 1. The number of nitrogens with zero attached hydrogens (tertiary/aromatic N) is 2. The summed E-state index contributed by atoms with van der Waals surface area (Å²) in [4.78, 5) is 49.9. The average molecular weight is 627 g/mol. The van der Waals surface area contributed by atoms with Crippen molar-refractivity contribution >= 4 is 57.9 Å². The number of rotatable bonds is 7. The van der Waals surface area contributed by atoms with Crippen molar-refractivity contribution in [1.29, 1.82) is 0 Å². The highest BCUT2D eigenvalue weighted by Gasteiger charge is 2.37. The number of urea groups is 1. The van der Waals surface area contributed by atoms with Crippen LogP contribution in [0.15, 0.2) is 60.2 Å². The Morgan fingerprint density at radius 3 is 2.50 bits per heavy atom. The normalized spacial score (nSPS) is 14.5. The molecule has 4 amide bonds. The van der Waals surface area contributed by atoms with Crippen LogP contribution in [0.1, 0.15) is 22.3 Å². The number of aryl methyl sites for hydroxylation is 2. The zero-order valence-corrected chi connectivity index (χ0v) is 22.8. The molecular formula is C27H22IN3O7. The molecule has 3 aromatic rings. The van der Waals surface area contributed by atoms with Crippen LogP contribution in [0.25, 0.3) is 6.08 Å². The van der Waals surface area contributed by atoms with Gasteiger partial charge in [-0.2, -0.15) is 0 Å². The van der Waals surface area contributed by atoms with Crippen molar-refractivity contribution in [2.24, 2.45) is 0 Å². The Kier molecular flexibility index (Phi) is 7.76. The second kappa shape index (κ2) is 11.0. The number of amides is 4. The molecule has 0 radical (unpaired) electrons. The topological polar surface area (TPSA) is 128 Å². The monoisotopic (exact) mass is 627 g/mol. The molecule has 11 heteroatoms. The molecule has 1 saturated heterocycles. The lowest BCUT2D eigenvalue weighted by Crippen LogP contribution is -2.54. The first-order valence-corrected chi connectivity index (χ1v) is 12.4. The first-order valence-electron chi connectivity index (χ1n) is 11.3. The van der Waals surface area contributed by atoms with Crippen LogP contribution >= 0.6 is 22.6 Å². The summed E-state index contributed by atoms with van der Waals surface area (Å²) in [7, 11) is 1.45. The first-order chi connectivity index (χ1) is 18.1. The fourth-order valence-electron chi connectivity index (χ4n) is 3.80. The standard InChI is InChI=1S/C27H22IN3O7/c1-15-7-8-19(9-16(15)2)30-26(33)21(25(32)29-27(30)34)11-18-12-22(28)24(23(13-18)37-3)38-14-17-5-4-6-20(10-17)31(35)36/h4-13H,14H2,1-3H3,(H,29,32,34)/b21-11+. The van der Waals surface area contributed by atoms with Gasteiger partial charge in [0.1, 0.15) is 12.2 Å². The minimum Gasteiger partial charge on any atom is -0.493 e. The lowest BCUT2D eigenvalue weighted by Gasteiger charge is -2.27. The Hall–Kier alpha value is -4.26. The lowest BCUT2D eigenvalue weighted by atomic mass is 10.0. The molecule has 1 heterocycles. The van der Waals surface area contributed by atoms with Crippen molar-refractivity contribution in [3.05, 3.63) is 96.1 Å². The van der Waals surface area contributed by atoms with Gasteiger partial charge in [-0.1, -0.05) is 18.2 Å². The van der Waals surface area contributed by atoms with Gasteiger partial charge >= 0.3 is 6.03 Å². The quantitative estimate of drug-likeness (QED) is 0.127. The third-order valence-electron chi connectivity index (χ3n) is 5.92. The summed E-state index contributed by atoms with van der Waals surface area (Å²) in [6, 6.07) is 13.7. The maximum Gasteiger partial charge on any atom is 0.335 e. The van der Waals surface area contributed by atoms with Gasteiger partial charge in [-0.3, -0.25) is 25.0 Å². The molecule has 0 aromatic heterocycles. The van der Waals surface area contributed by atoms with E-state index in [1.54, 1.807) is 42.5 Å². The average Bonchev–Trinajstić information content (AvgIpc) is 2.87. The van der Waals surface area contributed by atoms with E-state index in [1.165, 1.54) is 25.3 Å². The predicted molar refractivity (Wildman–Crippen MR) is 148 cm³/mol. The molecule has 0 unspecified atom stereocenters. The minimum absolute atomic E-state index is 0.0431. The summed E-state index contributed by atoms with van der Waals surface area (Å²) in [5.74, 6) is -0.824. The summed E-state index contributed by atoms with van der Waals surface area (Å²) in [5.41, 5.74) is 3.06. The summed E-state index contributed by atoms with van der Waals surface area (Å²) >= 11 is 2.03. The number of carbonyl (C=O) groups excluding carboxylic acids is 3. The van der Waals surface area contributed by atoms with Gasteiger partial charge in [0.05, 0.1) is 21.3 Å². The molecule has 0 bridgehead atoms. The van der Waals surface area contributed by atoms with E-state index in [1.807, 2.05) is 36.4 Å². The molecule has 38 heavy (non-hydrogen) atoms. The number of imide groups is 2. The molecule has 1 fully saturated rings. The van der Waals surface area contributed by atoms with Crippen LogP contribution in [-0.2, 0) is 16.2 Å². The first kappa shape index (κ1) is 26.8. The number of ether oxygens (including phenoxy) is 2. The predicted octanol–water partition coefficient (Wildman–Crippen LogP) is 5.07. The molecule has 0 atom stereocenters. The summed E-state index contributed by atoms with van der Waals surface area (Å²) in [5, 5.41) is 13.3. The number of barbiturate groups is 1. The van der Waals surface area contributed by atoms with E-state index < -0.39 is 22.8 Å². The van der Waals surface area contributed by atoms with Gasteiger partial charge in [0.15, 0.2) is 11.5 Å². The molecule has 3 aromatic carbocycles. The van der Waals surface area contributed by atoms with E-state index in [9.17, 15) is 24.5 Å². The Bertz CT molecular complexity index is 1520. The number of nitro groups is 1. The van der Waals surface area contributed by atoms with Crippen LogP contribution in [0.3, 0.4) is 0 Å². The van der Waals surface area contributed by atoms with Crippen molar-refractivity contribution < 1.29 is 28.8 Å². The zero-order valence-electron chi connectivity index (χ0n) is 20.6. The van der Waals surface area contributed by atoms with E-state index in [-0.39, 0.29) is 17.9 Å². The van der Waals surface area contributed by atoms with Crippen molar-refractivity contribution in [3.63, 3.8) is 0 Å². The zero-order chi connectivity index (χ0) is 27.6. The molecule has 1 aliphatic heterocycles. The van der Waals surface area contributed by atoms with Gasteiger partial charge in [-0.05, 0) is 89.0 Å². The number of nitrogens with one attached hydrogen (secondary N) is 1. The molecule has 194 valence electrons. The van der Waals surface area contributed by atoms with Crippen molar-refractivity contribution in [2.45, 2.75) is 20.5 Å². The number of non-ortho nitro benzene ring substituents is 1. The largest absolute Gasteiger partial charge is 0.493 e. The molecular weight excluding hydrogens is 605 g/mol. The van der Waals surface area contributed by atoms with Crippen molar-refractivity contribution in [2.75, 3.05) is 12.0 Å². The van der Waals surface area contributed by atoms with Crippen LogP contribution in [-0.4, -0.2) is 29.9 Å². The van der Waals surface area contributed by atoms with Crippen molar-refractivity contribution in [1.82, 2.24) is 5.32 Å². The maximum atomic E-state index is 13.3. The third-order valence-corrected chi connectivity index (χ3v) is 6.72. The molecule has 10 nitrogen and oxygen atoms in total. The number of benzene rings is 3. The highest BCUT2D eigenvalue weighted by molar-refractivity contribution is 14.1. The summed E-state index contributed by atoms with van der Waals surface area (Å²) < 4.78 is 12.0. The van der Waals surface area contributed by atoms with Gasteiger partial charge in [0.25, 0.3) is 17.5 Å². The lowest BCUT2D eigenvalue weighted by molar-refractivity contribution is -0.384. The highest BCUT2D eigenvalue weighted by Crippen LogP contribution is 2.36. The molecule has 0 spiro atoms. The third kappa shape index (κ3) is 5.52. The van der Waals surface area contributed by atoms with E-state index >= 15 is 0 Å². The summed E-state index contributed by atoms with van der Waals surface area (Å²) in [6.45, 7) is 3.84. The Morgan fingerprint density at radius 2 is 1.82 bits per heavy atom. The fourth-order valence-corrected chi connectivity index (χ4v) is 4.58. The van der Waals surface area contributed by atoms with Crippen LogP contribution in [0.5, 0.6) is 11.5 Å². The molecule has 0 aliphatic carbocycles. The number of hydrogen-bond acceptors (Lipinski definition) is 7. The Labute approximate surface area is 231 Å². The number of hydrogen-bond donors (Lipinski definition) is 1. The second-order valence-electron chi connectivity index (χ2n) is 8.48. The maximum absolute atomic E-state index is 13.3. The highest BCUT2D eigenvalue weighted by atomic mass is 127. The van der Waals surface area contributed by atoms with E-state index in [4.69, 9.17) is 9.47 Å². The number of halogens is 1. The minimum atomic E-state index is -0.822. The number of carbonyl (C=O) groups is 3. The smallest absolute Gasteiger partial charge is 0.335 e. The van der Waals surface area contributed by atoms with Gasteiger partial charge in [0, 0.05) is 12.1 Å².